The molecule has 2 aliphatic rings. The van der Waals surface area contributed by atoms with Gasteiger partial charge in [-0.15, -0.1) is 0 Å². The standard InChI is InChI=1S/C19H17F2N3O4/c1-27-13-6-14(28-2)16(21)17(15(13)20)24-9-10-7-22-11(8-23-26)5-12(10)19(3-4-19)18(24)25/h5-8,26H,3-4,9H2,1-2H3/b23-8+. The number of carbonyl (C=O) groups excluding carboxylic acids is 1. The van der Waals surface area contributed by atoms with Gasteiger partial charge in [0, 0.05) is 12.3 Å². The number of carbonyl (C=O) groups is 1. The summed E-state index contributed by atoms with van der Waals surface area (Å²) in [6, 6.07) is 2.78. The van der Waals surface area contributed by atoms with Gasteiger partial charge >= 0.3 is 0 Å². The van der Waals surface area contributed by atoms with Crippen LogP contribution < -0.4 is 14.4 Å². The van der Waals surface area contributed by atoms with Crippen LogP contribution in [-0.2, 0) is 16.8 Å². The van der Waals surface area contributed by atoms with E-state index in [2.05, 4.69) is 10.1 Å². The molecule has 7 nitrogen and oxygen atoms in total. The van der Waals surface area contributed by atoms with Crippen molar-refractivity contribution < 1.29 is 28.3 Å². The molecule has 1 aromatic carbocycles. The van der Waals surface area contributed by atoms with E-state index in [-0.39, 0.29) is 18.0 Å². The summed E-state index contributed by atoms with van der Waals surface area (Å²) >= 11 is 0. The van der Waals surface area contributed by atoms with Crippen molar-refractivity contribution >= 4 is 17.8 Å². The lowest BCUT2D eigenvalue weighted by molar-refractivity contribution is -0.121. The highest BCUT2D eigenvalue weighted by molar-refractivity contribution is 6.05. The number of aromatic nitrogens is 1. The van der Waals surface area contributed by atoms with Gasteiger partial charge in [0.25, 0.3) is 0 Å². The molecule has 1 aliphatic carbocycles. The van der Waals surface area contributed by atoms with Crippen molar-refractivity contribution in [1.29, 1.82) is 0 Å². The largest absolute Gasteiger partial charge is 0.493 e. The maximum atomic E-state index is 14.9. The molecule has 0 atom stereocenters. The van der Waals surface area contributed by atoms with Crippen LogP contribution in [0.1, 0.15) is 29.7 Å². The number of nitrogens with zero attached hydrogens (tertiary/aromatic N) is 3. The van der Waals surface area contributed by atoms with E-state index in [1.54, 1.807) is 6.07 Å². The number of amides is 1. The van der Waals surface area contributed by atoms with E-state index in [0.717, 1.165) is 16.5 Å². The fourth-order valence-electron chi connectivity index (χ4n) is 3.72. The Morgan fingerprint density at radius 1 is 1.21 bits per heavy atom. The van der Waals surface area contributed by atoms with Crippen LogP contribution >= 0.6 is 0 Å². The molecule has 1 N–H and O–H groups in total. The number of pyridine rings is 1. The van der Waals surface area contributed by atoms with Crippen molar-refractivity contribution in [3.05, 3.63) is 46.8 Å². The number of anilines is 1. The van der Waals surface area contributed by atoms with Gasteiger partial charge in [-0.1, -0.05) is 5.16 Å². The summed E-state index contributed by atoms with van der Waals surface area (Å²) in [5, 5.41) is 11.7. The summed E-state index contributed by atoms with van der Waals surface area (Å²) in [6.07, 6.45) is 3.80. The molecule has 0 bridgehead atoms. The van der Waals surface area contributed by atoms with E-state index in [4.69, 9.17) is 14.7 Å². The van der Waals surface area contributed by atoms with E-state index in [0.29, 0.717) is 24.1 Å². The molecule has 2 heterocycles. The van der Waals surface area contributed by atoms with Crippen molar-refractivity contribution in [3.8, 4) is 11.5 Å². The van der Waals surface area contributed by atoms with Gasteiger partial charge in [0.2, 0.25) is 5.91 Å². The Labute approximate surface area is 159 Å². The summed E-state index contributed by atoms with van der Waals surface area (Å²) < 4.78 is 39.8. The summed E-state index contributed by atoms with van der Waals surface area (Å²) in [7, 11) is 2.51. The second-order valence-electron chi connectivity index (χ2n) is 6.74. The summed E-state index contributed by atoms with van der Waals surface area (Å²) in [4.78, 5) is 18.5. The number of hydrogen-bond acceptors (Lipinski definition) is 6. The molecule has 1 aliphatic heterocycles. The molecular weight excluding hydrogens is 372 g/mol. The van der Waals surface area contributed by atoms with E-state index in [1.807, 2.05) is 0 Å². The average Bonchev–Trinajstić information content (AvgIpc) is 3.49. The minimum Gasteiger partial charge on any atom is -0.493 e. The molecule has 1 aromatic heterocycles. The van der Waals surface area contributed by atoms with Crippen LogP contribution in [0.4, 0.5) is 14.5 Å². The highest BCUT2D eigenvalue weighted by Gasteiger charge is 2.57. The molecule has 0 radical (unpaired) electrons. The maximum absolute atomic E-state index is 14.9. The van der Waals surface area contributed by atoms with Crippen molar-refractivity contribution in [2.24, 2.45) is 5.16 Å². The Kier molecular flexibility index (Phi) is 4.17. The highest BCUT2D eigenvalue weighted by atomic mass is 19.1. The van der Waals surface area contributed by atoms with Gasteiger partial charge in [-0.2, -0.15) is 0 Å². The third kappa shape index (κ3) is 2.49. The Hall–Kier alpha value is -3.23. The zero-order valence-electron chi connectivity index (χ0n) is 15.2. The molecule has 1 saturated carbocycles. The fourth-order valence-corrected chi connectivity index (χ4v) is 3.72. The molecular formula is C19H17F2N3O4. The van der Waals surface area contributed by atoms with E-state index >= 15 is 0 Å². The molecule has 146 valence electrons. The monoisotopic (exact) mass is 389 g/mol. The predicted octanol–water partition coefficient (Wildman–Crippen LogP) is 2.76. The molecule has 2 aromatic rings. The first-order valence-electron chi connectivity index (χ1n) is 8.55. The molecule has 9 heteroatoms. The number of fused-ring (bicyclic) bond motifs is 2. The molecule has 28 heavy (non-hydrogen) atoms. The lowest BCUT2D eigenvalue weighted by Crippen LogP contribution is -2.45. The first-order valence-corrected chi connectivity index (χ1v) is 8.55. The van der Waals surface area contributed by atoms with Gasteiger partial charge in [-0.05, 0) is 30.0 Å². The van der Waals surface area contributed by atoms with Gasteiger partial charge in [-0.3, -0.25) is 9.78 Å². The summed E-state index contributed by atoms with van der Waals surface area (Å²) in [6.45, 7) is -0.0520. The van der Waals surface area contributed by atoms with Crippen molar-refractivity contribution in [1.82, 2.24) is 4.98 Å². The Bertz CT molecular complexity index is 977. The van der Waals surface area contributed by atoms with Crippen molar-refractivity contribution in [3.63, 3.8) is 0 Å². The highest BCUT2D eigenvalue weighted by Crippen LogP contribution is 2.54. The summed E-state index contributed by atoms with van der Waals surface area (Å²) in [5.74, 6) is -2.77. The minimum absolute atomic E-state index is 0.0520. The third-order valence-corrected chi connectivity index (χ3v) is 5.27. The normalized spacial score (nSPS) is 17.1. The quantitative estimate of drug-likeness (QED) is 0.494. The van der Waals surface area contributed by atoms with Crippen LogP contribution in [0.25, 0.3) is 0 Å². The van der Waals surface area contributed by atoms with Crippen LogP contribution in [0.5, 0.6) is 11.5 Å². The van der Waals surface area contributed by atoms with E-state index in [1.165, 1.54) is 26.6 Å². The second-order valence-corrected chi connectivity index (χ2v) is 6.74. The van der Waals surface area contributed by atoms with E-state index in [9.17, 15) is 13.6 Å². The van der Waals surface area contributed by atoms with Gasteiger partial charge in [-0.25, -0.2) is 8.78 Å². The molecule has 0 unspecified atom stereocenters. The van der Waals surface area contributed by atoms with Gasteiger partial charge in [0.15, 0.2) is 23.1 Å². The van der Waals surface area contributed by atoms with Gasteiger partial charge < -0.3 is 19.6 Å². The first-order chi connectivity index (χ1) is 13.5. The molecule has 1 amide bonds. The lowest BCUT2D eigenvalue weighted by Gasteiger charge is -2.35. The SMILES string of the molecule is COc1cc(OC)c(F)c(N2Cc3cnc(/C=N/O)cc3C3(CC3)C2=O)c1F. The maximum Gasteiger partial charge on any atom is 0.238 e. The zero-order chi connectivity index (χ0) is 20.1. The number of oxime groups is 1. The Morgan fingerprint density at radius 3 is 2.39 bits per heavy atom. The predicted molar refractivity (Wildman–Crippen MR) is 95.2 cm³/mol. The minimum atomic E-state index is -0.967. The fraction of sp³-hybridized carbons (Fsp3) is 0.316. The van der Waals surface area contributed by atoms with Crippen LogP contribution in [-0.4, -0.2) is 36.5 Å². The van der Waals surface area contributed by atoms with Crippen LogP contribution in [0.3, 0.4) is 0 Å². The van der Waals surface area contributed by atoms with Gasteiger partial charge in [0.05, 0.1) is 38.1 Å². The summed E-state index contributed by atoms with van der Waals surface area (Å²) in [5.41, 5.74) is 0.458. The van der Waals surface area contributed by atoms with Gasteiger partial charge in [0.1, 0.15) is 5.69 Å². The number of hydrogen-bond donors (Lipinski definition) is 1. The molecule has 0 saturated heterocycles. The second kappa shape index (κ2) is 6.43. The number of halogens is 2. The molecule has 4 rings (SSSR count). The number of ether oxygens (including phenoxy) is 2. The molecule has 1 fully saturated rings. The smallest absolute Gasteiger partial charge is 0.238 e. The zero-order valence-corrected chi connectivity index (χ0v) is 15.2. The number of benzene rings is 1. The van der Waals surface area contributed by atoms with Crippen molar-refractivity contribution in [2.75, 3.05) is 19.1 Å². The Morgan fingerprint density at radius 2 is 1.86 bits per heavy atom. The van der Waals surface area contributed by atoms with Crippen LogP contribution in [0.15, 0.2) is 23.5 Å². The van der Waals surface area contributed by atoms with E-state index < -0.39 is 28.6 Å². The number of methoxy groups -OCH3 is 2. The topological polar surface area (TPSA) is 84.2 Å². The van der Waals surface area contributed by atoms with Crippen LogP contribution in [0, 0.1) is 11.6 Å². The van der Waals surface area contributed by atoms with Crippen LogP contribution in [0.2, 0.25) is 0 Å². The average molecular weight is 389 g/mol. The Balaban J connectivity index is 1.87. The lowest BCUT2D eigenvalue weighted by atomic mass is 9.86. The number of rotatable bonds is 4. The first kappa shape index (κ1) is 18.1. The molecule has 1 spiro atoms. The van der Waals surface area contributed by atoms with Crippen molar-refractivity contribution in [2.45, 2.75) is 24.8 Å². The third-order valence-electron chi connectivity index (χ3n) is 5.27.